The molecule has 2 atom stereocenters. The van der Waals surface area contributed by atoms with E-state index in [9.17, 15) is 13.2 Å². The summed E-state index contributed by atoms with van der Waals surface area (Å²) in [6.07, 6.45) is 4.79. The lowest BCUT2D eigenvalue weighted by Gasteiger charge is -2.23. The Kier molecular flexibility index (Phi) is 3.86. The van der Waals surface area contributed by atoms with E-state index in [1.807, 2.05) is 24.3 Å². The molecule has 0 unspecified atom stereocenters. The van der Waals surface area contributed by atoms with Gasteiger partial charge >= 0.3 is 0 Å². The van der Waals surface area contributed by atoms with E-state index in [1.54, 1.807) is 4.90 Å². The zero-order chi connectivity index (χ0) is 18.6. The third kappa shape index (κ3) is 2.86. The lowest BCUT2D eigenvalue weighted by molar-refractivity contribution is -0.117. The van der Waals surface area contributed by atoms with Crippen molar-refractivity contribution in [3.63, 3.8) is 0 Å². The summed E-state index contributed by atoms with van der Waals surface area (Å²) in [6.45, 7) is 0.936. The third-order valence-electron chi connectivity index (χ3n) is 5.99. The van der Waals surface area contributed by atoms with E-state index in [4.69, 9.17) is 0 Å². The maximum Gasteiger partial charge on any atom is 0.227 e. The molecule has 2 fully saturated rings. The van der Waals surface area contributed by atoms with Crippen LogP contribution in [0.5, 0.6) is 0 Å². The van der Waals surface area contributed by atoms with Gasteiger partial charge < -0.3 is 9.47 Å². The second-order valence-corrected chi connectivity index (χ2v) is 9.98. The van der Waals surface area contributed by atoms with E-state index < -0.39 is 9.84 Å². The number of anilines is 1. The van der Waals surface area contributed by atoms with Crippen molar-refractivity contribution in [1.29, 1.82) is 0 Å². The Bertz CT molecular complexity index is 996. The van der Waals surface area contributed by atoms with Crippen LogP contribution >= 0.6 is 0 Å². The molecule has 0 saturated carbocycles. The zero-order valence-corrected chi connectivity index (χ0v) is 15.9. The summed E-state index contributed by atoms with van der Waals surface area (Å²) in [7, 11) is -3.04. The molecule has 142 valence electrons. The second kappa shape index (κ2) is 6.15. The Morgan fingerprint density at radius 1 is 1.00 bits per heavy atom. The minimum Gasteiger partial charge on any atom is -0.311 e. The summed E-state index contributed by atoms with van der Waals surface area (Å²) in [5.41, 5.74) is 1.74. The molecule has 3 aliphatic heterocycles. The Morgan fingerprint density at radius 2 is 1.81 bits per heavy atom. The van der Waals surface area contributed by atoms with Gasteiger partial charge in [0.1, 0.15) is 5.82 Å². The number of hydrogen-bond donors (Lipinski definition) is 0. The fourth-order valence-corrected chi connectivity index (χ4v) is 6.76. The number of rotatable bonds is 2. The van der Waals surface area contributed by atoms with Crippen LogP contribution in [0, 0.1) is 5.92 Å². The van der Waals surface area contributed by atoms with Gasteiger partial charge in [-0.1, -0.05) is 6.42 Å². The number of nitrogens with zero attached hydrogens (tertiary/aromatic N) is 4. The van der Waals surface area contributed by atoms with Crippen LogP contribution in [0.1, 0.15) is 31.5 Å². The highest BCUT2D eigenvalue weighted by atomic mass is 32.2. The van der Waals surface area contributed by atoms with E-state index in [-0.39, 0.29) is 29.4 Å². The maximum absolute atomic E-state index is 12.4. The van der Waals surface area contributed by atoms with Gasteiger partial charge in [-0.25, -0.2) is 8.42 Å². The van der Waals surface area contributed by atoms with Gasteiger partial charge in [0.05, 0.1) is 17.5 Å². The molecule has 0 bridgehead atoms. The summed E-state index contributed by atoms with van der Waals surface area (Å²) in [5, 5.41) is 8.72. The lowest BCUT2D eigenvalue weighted by atomic mass is 10.0. The fourth-order valence-electron chi connectivity index (χ4n) is 4.69. The number of carbonyl (C=O) groups is 1. The minimum absolute atomic E-state index is 0.0176. The van der Waals surface area contributed by atoms with Gasteiger partial charge in [0.25, 0.3) is 0 Å². The smallest absolute Gasteiger partial charge is 0.227 e. The number of fused-ring (bicyclic) bond motifs is 2. The number of hydrogen-bond acceptors (Lipinski definition) is 5. The fraction of sp³-hybridized carbons (Fsp3) is 0.526. The summed E-state index contributed by atoms with van der Waals surface area (Å²) < 4.78 is 26.1. The molecule has 1 amide bonds. The molecule has 4 heterocycles. The van der Waals surface area contributed by atoms with Crippen molar-refractivity contribution in [2.75, 3.05) is 16.4 Å². The number of aromatic nitrogens is 3. The van der Waals surface area contributed by atoms with E-state index >= 15 is 0 Å². The molecule has 2 saturated heterocycles. The molecule has 3 aliphatic rings. The van der Waals surface area contributed by atoms with Crippen LogP contribution in [0.3, 0.4) is 0 Å². The Labute approximate surface area is 158 Å². The predicted molar refractivity (Wildman–Crippen MR) is 101 cm³/mol. The molecule has 1 aromatic heterocycles. The maximum atomic E-state index is 12.4. The molecule has 0 radical (unpaired) electrons. The van der Waals surface area contributed by atoms with Crippen LogP contribution < -0.4 is 4.90 Å². The number of aryl methyl sites for hydroxylation is 1. The lowest BCUT2D eigenvalue weighted by Crippen LogP contribution is -2.36. The molecule has 2 aromatic rings. The summed E-state index contributed by atoms with van der Waals surface area (Å²) >= 11 is 0. The second-order valence-electron chi connectivity index (χ2n) is 7.82. The van der Waals surface area contributed by atoms with Gasteiger partial charge in [0, 0.05) is 36.6 Å². The highest BCUT2D eigenvalue weighted by molar-refractivity contribution is 7.91. The van der Waals surface area contributed by atoms with Crippen molar-refractivity contribution >= 4 is 21.4 Å². The number of carbonyl (C=O) groups excluding carboxylic acids is 1. The van der Waals surface area contributed by atoms with Crippen molar-refractivity contribution in [3.05, 3.63) is 30.1 Å². The van der Waals surface area contributed by atoms with Crippen molar-refractivity contribution < 1.29 is 13.2 Å². The van der Waals surface area contributed by atoms with E-state index in [2.05, 4.69) is 14.8 Å². The molecular formula is C19H22N4O3S. The van der Waals surface area contributed by atoms with Crippen LogP contribution in [-0.2, 0) is 27.6 Å². The molecule has 0 N–H and O–H groups in total. The van der Waals surface area contributed by atoms with Gasteiger partial charge in [0.2, 0.25) is 5.91 Å². The average molecular weight is 386 g/mol. The standard InChI is InChI=1S/C19H22N4O3S/c24-18-10-14-11-27(25,26)12-16(14)23(18)15-7-5-13(6-8-15)19-21-20-17-4-2-1-3-9-22(17)19/h5-8,14,16H,1-4,9-12H2/t14-,16+/m1/s1. The first-order valence-electron chi connectivity index (χ1n) is 9.57. The van der Waals surface area contributed by atoms with Crippen molar-refractivity contribution in [2.45, 2.75) is 44.7 Å². The van der Waals surface area contributed by atoms with Crippen LogP contribution in [0.2, 0.25) is 0 Å². The van der Waals surface area contributed by atoms with Crippen LogP contribution in [0.4, 0.5) is 5.69 Å². The van der Waals surface area contributed by atoms with Gasteiger partial charge in [-0.05, 0) is 37.1 Å². The number of amides is 1. The van der Waals surface area contributed by atoms with Gasteiger partial charge in [-0.15, -0.1) is 10.2 Å². The van der Waals surface area contributed by atoms with E-state index in [0.717, 1.165) is 48.7 Å². The average Bonchev–Trinajstić information content (AvgIpc) is 3.17. The molecule has 5 rings (SSSR count). The quantitative estimate of drug-likeness (QED) is 0.786. The SMILES string of the molecule is O=C1C[C@@H]2CS(=O)(=O)C[C@@H]2N1c1ccc(-c2nnc3n2CCCCC3)cc1. The summed E-state index contributed by atoms with van der Waals surface area (Å²) in [4.78, 5) is 14.1. The Morgan fingerprint density at radius 3 is 2.63 bits per heavy atom. The number of sulfone groups is 1. The van der Waals surface area contributed by atoms with Gasteiger partial charge in [-0.3, -0.25) is 4.79 Å². The van der Waals surface area contributed by atoms with Gasteiger partial charge in [0.15, 0.2) is 15.7 Å². The Hall–Kier alpha value is -2.22. The molecule has 8 heteroatoms. The molecule has 27 heavy (non-hydrogen) atoms. The van der Waals surface area contributed by atoms with Crippen LogP contribution in [-0.4, -0.2) is 46.6 Å². The topological polar surface area (TPSA) is 85.2 Å². The minimum atomic E-state index is -3.04. The zero-order valence-electron chi connectivity index (χ0n) is 15.0. The normalized spacial score (nSPS) is 26.7. The first-order valence-corrected chi connectivity index (χ1v) is 11.4. The summed E-state index contributed by atoms with van der Waals surface area (Å²) in [5.74, 6) is 2.05. The molecular weight excluding hydrogens is 364 g/mol. The van der Waals surface area contributed by atoms with Crippen molar-refractivity contribution in [1.82, 2.24) is 14.8 Å². The molecule has 1 aromatic carbocycles. The van der Waals surface area contributed by atoms with E-state index in [1.165, 1.54) is 6.42 Å². The molecule has 7 nitrogen and oxygen atoms in total. The van der Waals surface area contributed by atoms with Crippen molar-refractivity contribution in [3.8, 4) is 11.4 Å². The summed E-state index contributed by atoms with van der Waals surface area (Å²) in [6, 6.07) is 7.50. The predicted octanol–water partition coefficient (Wildman–Crippen LogP) is 1.82. The highest BCUT2D eigenvalue weighted by Crippen LogP contribution is 2.37. The first kappa shape index (κ1) is 16.9. The number of benzene rings is 1. The van der Waals surface area contributed by atoms with E-state index in [0.29, 0.717) is 6.42 Å². The molecule has 0 aliphatic carbocycles. The Balaban J connectivity index is 1.44. The first-order chi connectivity index (χ1) is 13.0. The van der Waals surface area contributed by atoms with Crippen LogP contribution in [0.15, 0.2) is 24.3 Å². The monoisotopic (exact) mass is 386 g/mol. The van der Waals surface area contributed by atoms with Crippen molar-refractivity contribution in [2.24, 2.45) is 5.92 Å². The highest BCUT2D eigenvalue weighted by Gasteiger charge is 2.49. The third-order valence-corrected chi connectivity index (χ3v) is 7.77. The van der Waals surface area contributed by atoms with Crippen LogP contribution in [0.25, 0.3) is 11.4 Å². The molecule has 0 spiro atoms. The van der Waals surface area contributed by atoms with Gasteiger partial charge in [-0.2, -0.15) is 0 Å². The largest absolute Gasteiger partial charge is 0.311 e.